The second kappa shape index (κ2) is 10.1. The Kier molecular flexibility index (Phi) is 8.15. The van der Waals surface area contributed by atoms with Crippen LogP contribution in [0.2, 0.25) is 5.02 Å². The van der Waals surface area contributed by atoms with Gasteiger partial charge in [0, 0.05) is 18.0 Å². The number of aromatic nitrogens is 2. The molecule has 0 radical (unpaired) electrons. The second-order valence-corrected chi connectivity index (χ2v) is 7.55. The highest BCUT2D eigenvalue weighted by Gasteiger charge is 2.24. The van der Waals surface area contributed by atoms with E-state index in [1.165, 1.54) is 11.8 Å². The number of nitrogens with zero attached hydrogens (tertiary/aromatic N) is 3. The molecule has 0 saturated carbocycles. The summed E-state index contributed by atoms with van der Waals surface area (Å²) in [4.78, 5) is 15.4. The van der Waals surface area contributed by atoms with E-state index in [9.17, 15) is 4.79 Å². The zero-order valence-electron chi connectivity index (χ0n) is 14.5. The number of likely N-dealkylation sites (tertiary alicyclic amines) is 1. The predicted octanol–water partition coefficient (Wildman–Crippen LogP) is 3.77. The summed E-state index contributed by atoms with van der Waals surface area (Å²) in [6, 6.07) is 11.2. The number of benzene rings is 1. The molecule has 1 amide bonds. The summed E-state index contributed by atoms with van der Waals surface area (Å²) < 4.78 is 0. The normalized spacial score (nSPS) is 14.8. The molecule has 140 valence electrons. The maximum atomic E-state index is 12.6. The van der Waals surface area contributed by atoms with Gasteiger partial charge in [-0.2, -0.15) is 0 Å². The first-order valence-corrected chi connectivity index (χ1v) is 9.57. The fourth-order valence-corrected chi connectivity index (χ4v) is 3.93. The van der Waals surface area contributed by atoms with Crippen LogP contribution in [-0.4, -0.2) is 47.7 Å². The van der Waals surface area contributed by atoms with E-state index in [-0.39, 0.29) is 18.3 Å². The van der Waals surface area contributed by atoms with Gasteiger partial charge in [0.2, 0.25) is 0 Å². The highest BCUT2D eigenvalue weighted by Crippen LogP contribution is 2.31. The van der Waals surface area contributed by atoms with Gasteiger partial charge in [0.1, 0.15) is 5.03 Å². The lowest BCUT2D eigenvalue weighted by molar-refractivity contribution is 0.0683. The lowest BCUT2D eigenvalue weighted by Gasteiger charge is -2.31. The van der Waals surface area contributed by atoms with Gasteiger partial charge in [-0.1, -0.05) is 35.5 Å². The van der Waals surface area contributed by atoms with E-state index in [0.29, 0.717) is 16.6 Å². The van der Waals surface area contributed by atoms with Gasteiger partial charge in [0.25, 0.3) is 5.91 Å². The monoisotopic (exact) mass is 412 g/mol. The first-order chi connectivity index (χ1) is 12.2. The molecule has 2 heterocycles. The first-order valence-electron chi connectivity index (χ1n) is 8.37. The Morgan fingerprint density at radius 1 is 1.23 bits per heavy atom. The number of hydrogen-bond acceptors (Lipinski definition) is 5. The lowest BCUT2D eigenvalue weighted by atomic mass is 9.96. The minimum Gasteiger partial charge on any atom is -0.337 e. The quantitative estimate of drug-likeness (QED) is 0.809. The number of hydrogen-bond donors (Lipinski definition) is 1. The highest BCUT2D eigenvalue weighted by molar-refractivity contribution is 7.99. The number of piperidine rings is 1. The standard InChI is InChI=1S/C18H21ClN4OS.ClH/c1-20-12-13-8-10-23(11-9-13)18(24)15-6-7-17(22-21-15)25-16-5-3-2-4-14(16)19;/h2-7,13,20H,8-12H2,1H3;1H. The summed E-state index contributed by atoms with van der Waals surface area (Å²) >= 11 is 7.60. The fraction of sp³-hybridized carbons (Fsp3) is 0.389. The minimum atomic E-state index is -0.0373. The van der Waals surface area contributed by atoms with Gasteiger partial charge in [-0.3, -0.25) is 4.79 Å². The van der Waals surface area contributed by atoms with E-state index in [1.807, 2.05) is 42.3 Å². The summed E-state index contributed by atoms with van der Waals surface area (Å²) in [5.74, 6) is 0.610. The van der Waals surface area contributed by atoms with Crippen molar-refractivity contribution in [3.8, 4) is 0 Å². The average Bonchev–Trinajstić information content (AvgIpc) is 2.65. The molecule has 0 spiro atoms. The Balaban J connectivity index is 0.00000243. The summed E-state index contributed by atoms with van der Waals surface area (Å²) in [5.41, 5.74) is 0.399. The topological polar surface area (TPSA) is 58.1 Å². The lowest BCUT2D eigenvalue weighted by Crippen LogP contribution is -2.40. The second-order valence-electron chi connectivity index (χ2n) is 6.08. The number of nitrogens with one attached hydrogen (secondary N) is 1. The van der Waals surface area contributed by atoms with Gasteiger partial charge in [-0.05, 0) is 56.6 Å². The van der Waals surface area contributed by atoms with Gasteiger partial charge in [-0.25, -0.2) is 0 Å². The number of rotatable bonds is 5. The predicted molar refractivity (Wildman–Crippen MR) is 107 cm³/mol. The summed E-state index contributed by atoms with van der Waals surface area (Å²) in [6.07, 6.45) is 2.06. The zero-order chi connectivity index (χ0) is 17.6. The van der Waals surface area contributed by atoms with Crippen molar-refractivity contribution in [2.24, 2.45) is 5.92 Å². The van der Waals surface area contributed by atoms with E-state index in [0.717, 1.165) is 42.4 Å². The molecule has 1 aliphatic rings. The van der Waals surface area contributed by atoms with E-state index >= 15 is 0 Å². The van der Waals surface area contributed by atoms with Crippen molar-refractivity contribution >= 4 is 41.7 Å². The molecule has 1 N–H and O–H groups in total. The molecule has 26 heavy (non-hydrogen) atoms. The van der Waals surface area contributed by atoms with Crippen LogP contribution in [0.5, 0.6) is 0 Å². The Morgan fingerprint density at radius 3 is 2.58 bits per heavy atom. The number of carbonyl (C=O) groups excluding carboxylic acids is 1. The van der Waals surface area contributed by atoms with Gasteiger partial charge in [0.05, 0.1) is 5.02 Å². The maximum Gasteiger partial charge on any atom is 0.274 e. The molecule has 5 nitrogen and oxygen atoms in total. The fourth-order valence-electron chi connectivity index (χ4n) is 2.92. The van der Waals surface area contributed by atoms with Crippen molar-refractivity contribution in [3.63, 3.8) is 0 Å². The third kappa shape index (κ3) is 5.33. The van der Waals surface area contributed by atoms with Crippen molar-refractivity contribution in [1.82, 2.24) is 20.4 Å². The van der Waals surface area contributed by atoms with Crippen molar-refractivity contribution < 1.29 is 4.79 Å². The SMILES string of the molecule is CNCC1CCN(C(=O)c2ccc(Sc3ccccc3Cl)nn2)CC1.Cl. The molecule has 1 fully saturated rings. The molecule has 1 saturated heterocycles. The number of amides is 1. The molecular weight excluding hydrogens is 391 g/mol. The smallest absolute Gasteiger partial charge is 0.274 e. The third-order valence-electron chi connectivity index (χ3n) is 4.30. The van der Waals surface area contributed by atoms with Crippen LogP contribution >= 0.6 is 35.8 Å². The third-order valence-corrected chi connectivity index (χ3v) is 5.75. The van der Waals surface area contributed by atoms with Crippen LogP contribution in [0.4, 0.5) is 0 Å². The number of halogens is 2. The maximum absolute atomic E-state index is 12.6. The van der Waals surface area contributed by atoms with Crippen molar-refractivity contribution in [2.75, 3.05) is 26.7 Å². The van der Waals surface area contributed by atoms with Crippen molar-refractivity contribution in [1.29, 1.82) is 0 Å². The van der Waals surface area contributed by atoms with Crippen LogP contribution in [0.3, 0.4) is 0 Å². The summed E-state index contributed by atoms with van der Waals surface area (Å²) in [7, 11) is 1.97. The Hall–Kier alpha value is -1.34. The molecule has 0 aliphatic carbocycles. The zero-order valence-corrected chi connectivity index (χ0v) is 16.9. The number of carbonyl (C=O) groups is 1. The summed E-state index contributed by atoms with van der Waals surface area (Å²) in [5, 5.41) is 12.9. The molecule has 8 heteroatoms. The van der Waals surface area contributed by atoms with E-state index < -0.39 is 0 Å². The Bertz CT molecular complexity index is 721. The summed E-state index contributed by atoms with van der Waals surface area (Å²) in [6.45, 7) is 2.57. The van der Waals surface area contributed by atoms with Crippen LogP contribution in [0, 0.1) is 5.92 Å². The van der Waals surface area contributed by atoms with E-state index in [1.54, 1.807) is 6.07 Å². The Morgan fingerprint density at radius 2 is 1.96 bits per heavy atom. The van der Waals surface area contributed by atoms with Gasteiger partial charge >= 0.3 is 0 Å². The molecular formula is C18H22Cl2N4OS. The van der Waals surface area contributed by atoms with E-state index in [2.05, 4.69) is 15.5 Å². The van der Waals surface area contributed by atoms with Crippen LogP contribution in [-0.2, 0) is 0 Å². The largest absolute Gasteiger partial charge is 0.337 e. The Labute approximate surface area is 169 Å². The van der Waals surface area contributed by atoms with Crippen molar-refractivity contribution in [2.45, 2.75) is 22.8 Å². The van der Waals surface area contributed by atoms with Gasteiger partial charge in [0.15, 0.2) is 5.69 Å². The van der Waals surface area contributed by atoms with Crippen LogP contribution in [0.15, 0.2) is 46.3 Å². The van der Waals surface area contributed by atoms with E-state index in [4.69, 9.17) is 11.6 Å². The molecule has 2 aromatic rings. The molecule has 1 aliphatic heterocycles. The molecule has 0 atom stereocenters. The highest BCUT2D eigenvalue weighted by atomic mass is 35.5. The minimum absolute atomic E-state index is 0. The van der Waals surface area contributed by atoms with Gasteiger partial charge < -0.3 is 10.2 Å². The van der Waals surface area contributed by atoms with Crippen LogP contribution in [0.25, 0.3) is 0 Å². The van der Waals surface area contributed by atoms with Crippen LogP contribution in [0.1, 0.15) is 23.3 Å². The molecule has 0 unspecified atom stereocenters. The molecule has 0 bridgehead atoms. The molecule has 1 aromatic carbocycles. The van der Waals surface area contributed by atoms with Crippen molar-refractivity contribution in [3.05, 3.63) is 47.1 Å². The average molecular weight is 413 g/mol. The first kappa shape index (κ1) is 21.0. The molecule has 1 aromatic heterocycles. The molecule has 3 rings (SSSR count). The van der Waals surface area contributed by atoms with Crippen LogP contribution < -0.4 is 5.32 Å². The van der Waals surface area contributed by atoms with Gasteiger partial charge in [-0.15, -0.1) is 22.6 Å².